The molecule has 0 fully saturated rings. The van der Waals surface area contributed by atoms with E-state index in [4.69, 9.17) is 0 Å². The Bertz CT molecular complexity index is 807. The van der Waals surface area contributed by atoms with Crippen LogP contribution >= 0.6 is 0 Å². The van der Waals surface area contributed by atoms with Gasteiger partial charge in [-0.15, -0.1) is 39.7 Å². The number of rotatable bonds is 1. The number of aryl methyl sites for hydroxylation is 1. The monoisotopic (exact) mass is 421 g/mol. The van der Waals surface area contributed by atoms with Crippen LogP contribution in [0.4, 0.5) is 0 Å². The fraction of sp³-hybridized carbons (Fsp3) is 0.167. The van der Waals surface area contributed by atoms with Crippen molar-refractivity contribution in [2.75, 3.05) is 0 Å². The Hall–Kier alpha value is -0.270. The molecule has 0 aliphatic carbocycles. The van der Waals surface area contributed by atoms with Crippen LogP contribution in [0.25, 0.3) is 21.9 Å². The molecule has 0 N–H and O–H groups in total. The van der Waals surface area contributed by atoms with Gasteiger partial charge in [0.05, 0.1) is 8.07 Å². The van der Waals surface area contributed by atoms with Gasteiger partial charge < -0.3 is 24.8 Å². The van der Waals surface area contributed by atoms with E-state index in [0.29, 0.717) is 0 Å². The molecule has 1 aliphatic heterocycles. The Balaban J connectivity index is 0.000000807. The van der Waals surface area contributed by atoms with Gasteiger partial charge in [0.2, 0.25) is 0 Å². The smallest absolute Gasteiger partial charge is 1.00 e. The summed E-state index contributed by atoms with van der Waals surface area (Å²) >= 11 is 0. The SMILES string of the molecule is Cc1[cH-]c2ccc3c(-c4ccccc4)c2c1[Si]3(C)C.[Cl-].[Cl-].[Zr+3]. The van der Waals surface area contributed by atoms with Crippen molar-refractivity contribution in [3.05, 3.63) is 54.1 Å². The molecule has 3 aromatic carbocycles. The molecule has 0 saturated heterocycles. The second-order valence-corrected chi connectivity index (χ2v) is 10.4. The minimum atomic E-state index is -1.48. The van der Waals surface area contributed by atoms with Crippen LogP contribution in [0.3, 0.4) is 0 Å². The van der Waals surface area contributed by atoms with Crippen LogP contribution in [-0.2, 0) is 26.2 Å². The number of hydrogen-bond donors (Lipinski definition) is 0. The second kappa shape index (κ2) is 6.69. The first-order valence-corrected chi connectivity index (χ1v) is 9.90. The Morgan fingerprint density at radius 3 is 2.18 bits per heavy atom. The quantitative estimate of drug-likeness (QED) is 0.305. The van der Waals surface area contributed by atoms with Crippen LogP contribution in [-0.4, -0.2) is 8.07 Å². The minimum absolute atomic E-state index is 0. The molecule has 1 aliphatic rings. The maximum Gasteiger partial charge on any atom is 3.00 e. The molecule has 2 bridgehead atoms. The number of benzene rings is 2. The van der Waals surface area contributed by atoms with Gasteiger partial charge in [-0.1, -0.05) is 61.1 Å². The summed E-state index contributed by atoms with van der Waals surface area (Å²) in [5.41, 5.74) is 4.39. The summed E-state index contributed by atoms with van der Waals surface area (Å²) in [6, 6.07) is 18.0. The van der Waals surface area contributed by atoms with Crippen molar-refractivity contribution in [3.8, 4) is 11.1 Å². The van der Waals surface area contributed by atoms with E-state index in [0.717, 1.165) is 0 Å². The van der Waals surface area contributed by atoms with Crippen LogP contribution in [0.1, 0.15) is 5.56 Å². The summed E-state index contributed by atoms with van der Waals surface area (Å²) in [5, 5.41) is 6.24. The molecule has 0 aromatic heterocycles. The van der Waals surface area contributed by atoms with Crippen molar-refractivity contribution in [2.45, 2.75) is 20.0 Å². The van der Waals surface area contributed by atoms with Gasteiger partial charge in [-0.2, -0.15) is 0 Å². The van der Waals surface area contributed by atoms with Gasteiger partial charge in [-0.25, -0.2) is 0 Å². The molecule has 22 heavy (non-hydrogen) atoms. The van der Waals surface area contributed by atoms with Gasteiger partial charge in [0.15, 0.2) is 0 Å². The van der Waals surface area contributed by atoms with Crippen molar-refractivity contribution in [3.63, 3.8) is 0 Å². The molecule has 0 unspecified atom stereocenters. The van der Waals surface area contributed by atoms with Crippen molar-refractivity contribution < 1.29 is 51.0 Å². The Morgan fingerprint density at radius 2 is 1.55 bits per heavy atom. The molecule has 4 heteroatoms. The standard InChI is InChI=1S/C18H17Si.2ClH.Zr/c1-12-11-14-9-10-15-16(13-7-5-4-6-8-13)17(14)18(12)19(15,2)3;;;/h4-11H,1-3H3;2*1H;/q-1;;;+3/p-2. The normalized spacial score (nSPS) is 13.4. The predicted molar refractivity (Wildman–Crippen MR) is 86.5 cm³/mol. The second-order valence-electron chi connectivity index (χ2n) is 6.15. The zero-order chi connectivity index (χ0) is 13.2. The molecule has 0 nitrogen and oxygen atoms in total. The summed E-state index contributed by atoms with van der Waals surface area (Å²) < 4.78 is 0. The van der Waals surface area contributed by atoms with E-state index in [1.165, 1.54) is 27.5 Å². The average molecular weight is 424 g/mol. The molecular formula is C18H17Cl2SiZr. The molecule has 111 valence electrons. The van der Waals surface area contributed by atoms with Crippen LogP contribution in [0, 0.1) is 6.92 Å². The molecule has 0 spiro atoms. The number of fused-ring (bicyclic) bond motifs is 1. The predicted octanol–water partition coefficient (Wildman–Crippen LogP) is -2.32. The summed E-state index contributed by atoms with van der Waals surface area (Å²) in [6.45, 7) is 7.26. The third-order valence-electron chi connectivity index (χ3n) is 4.61. The van der Waals surface area contributed by atoms with Gasteiger partial charge in [-0.05, 0) is 5.56 Å². The van der Waals surface area contributed by atoms with E-state index in [2.05, 4.69) is 68.5 Å². The van der Waals surface area contributed by atoms with Gasteiger partial charge in [0.25, 0.3) is 0 Å². The van der Waals surface area contributed by atoms with Gasteiger partial charge in [0, 0.05) is 0 Å². The van der Waals surface area contributed by atoms with E-state index in [1.807, 2.05) is 0 Å². The van der Waals surface area contributed by atoms with Crippen LogP contribution in [0.5, 0.6) is 0 Å². The first-order valence-electron chi connectivity index (χ1n) is 6.90. The third kappa shape index (κ3) is 2.49. The summed E-state index contributed by atoms with van der Waals surface area (Å²) in [7, 11) is -1.48. The van der Waals surface area contributed by atoms with E-state index < -0.39 is 8.07 Å². The molecule has 0 amide bonds. The third-order valence-corrected chi connectivity index (χ3v) is 8.27. The first-order chi connectivity index (χ1) is 9.10. The van der Waals surface area contributed by atoms with Gasteiger partial charge in [0.1, 0.15) is 0 Å². The fourth-order valence-electron chi connectivity index (χ4n) is 3.88. The largest absolute Gasteiger partial charge is 3.00 e. The summed E-state index contributed by atoms with van der Waals surface area (Å²) in [5.74, 6) is 0. The van der Waals surface area contributed by atoms with Gasteiger partial charge >= 0.3 is 26.2 Å². The average Bonchev–Trinajstić information content (AvgIpc) is 2.82. The van der Waals surface area contributed by atoms with Crippen molar-refractivity contribution >= 4 is 29.2 Å². The van der Waals surface area contributed by atoms with Crippen molar-refractivity contribution in [1.29, 1.82) is 0 Å². The Kier molecular flexibility index (Phi) is 6.01. The molecule has 0 atom stereocenters. The van der Waals surface area contributed by atoms with Crippen molar-refractivity contribution in [2.24, 2.45) is 0 Å². The first kappa shape index (κ1) is 19.8. The summed E-state index contributed by atoms with van der Waals surface area (Å²) in [4.78, 5) is 0. The van der Waals surface area contributed by atoms with E-state index >= 15 is 0 Å². The Labute approximate surface area is 164 Å². The number of halogens is 2. The summed E-state index contributed by atoms with van der Waals surface area (Å²) in [6.07, 6.45) is 0. The molecular weight excluding hydrogens is 406 g/mol. The maximum absolute atomic E-state index is 2.49. The van der Waals surface area contributed by atoms with Gasteiger partial charge in [-0.3, -0.25) is 0 Å². The van der Waals surface area contributed by atoms with E-state index in [9.17, 15) is 0 Å². The molecule has 0 saturated carbocycles. The molecule has 3 aromatic rings. The molecule has 1 heterocycles. The maximum atomic E-state index is 2.49. The van der Waals surface area contributed by atoms with E-state index in [1.54, 1.807) is 10.4 Å². The molecule has 4 rings (SSSR count). The van der Waals surface area contributed by atoms with Crippen molar-refractivity contribution in [1.82, 2.24) is 0 Å². The number of hydrogen-bond acceptors (Lipinski definition) is 0. The Morgan fingerprint density at radius 1 is 0.909 bits per heavy atom. The topological polar surface area (TPSA) is 0 Å². The zero-order valence-electron chi connectivity index (χ0n) is 12.9. The van der Waals surface area contributed by atoms with E-state index in [-0.39, 0.29) is 51.0 Å². The van der Waals surface area contributed by atoms with Crippen LogP contribution in [0.15, 0.2) is 48.5 Å². The fourth-order valence-corrected chi connectivity index (χ4v) is 7.49. The zero-order valence-corrected chi connectivity index (χ0v) is 17.8. The minimum Gasteiger partial charge on any atom is -1.00 e. The molecule has 1 radical (unpaired) electrons. The van der Waals surface area contributed by atoms with Crippen LogP contribution < -0.4 is 35.2 Å². The van der Waals surface area contributed by atoms with Crippen LogP contribution in [0.2, 0.25) is 13.1 Å².